The highest BCUT2D eigenvalue weighted by atomic mass is 16.7. The predicted octanol–water partition coefficient (Wildman–Crippen LogP) is 18.5. The molecule has 9 nitrogen and oxygen atoms in total. The van der Waals surface area contributed by atoms with Gasteiger partial charge in [-0.2, -0.15) is 0 Å². The van der Waals surface area contributed by atoms with Gasteiger partial charge >= 0.3 is 11.9 Å². The minimum Gasteiger partial charge on any atom is -0.545 e. The number of allylic oxidation sites excluding steroid dienone is 8. The number of likely N-dealkylation sites (N-methyl/N-ethyl adjacent to an activating group) is 1. The molecule has 2 atom stereocenters. The second-order valence-electron chi connectivity index (χ2n) is 23.4. The summed E-state index contributed by atoms with van der Waals surface area (Å²) in [4.78, 5) is 37.4. The van der Waals surface area contributed by atoms with Crippen LogP contribution in [0, 0.1) is 0 Å². The lowest BCUT2D eigenvalue weighted by molar-refractivity contribution is -0.870. The number of esters is 2. The molecule has 0 aliphatic carbocycles. The average Bonchev–Trinajstić information content (AvgIpc) is 3.40. The van der Waals surface area contributed by atoms with Crippen LogP contribution in [0.3, 0.4) is 0 Å². The van der Waals surface area contributed by atoms with Gasteiger partial charge in [-0.1, -0.05) is 294 Å². The molecule has 0 aromatic heterocycles. The van der Waals surface area contributed by atoms with Crippen LogP contribution in [-0.4, -0.2) is 82.3 Å². The Bertz CT molecular complexity index is 1400. The highest BCUT2D eigenvalue weighted by molar-refractivity contribution is 5.70. The Hall–Kier alpha value is -2.75. The van der Waals surface area contributed by atoms with Gasteiger partial charge in [0.05, 0.1) is 40.3 Å². The van der Waals surface area contributed by atoms with E-state index < -0.39 is 24.3 Å². The van der Waals surface area contributed by atoms with Crippen molar-refractivity contribution in [2.75, 3.05) is 47.5 Å². The van der Waals surface area contributed by atoms with Gasteiger partial charge in [-0.25, -0.2) is 0 Å². The van der Waals surface area contributed by atoms with E-state index in [1.54, 1.807) is 0 Å². The van der Waals surface area contributed by atoms with Crippen molar-refractivity contribution in [2.24, 2.45) is 0 Å². The number of carboxylic acids is 1. The molecule has 0 radical (unpaired) electrons. The second-order valence-corrected chi connectivity index (χ2v) is 23.4. The van der Waals surface area contributed by atoms with Crippen molar-refractivity contribution in [3.63, 3.8) is 0 Å². The summed E-state index contributed by atoms with van der Waals surface area (Å²) in [6, 6.07) is 0. The van der Waals surface area contributed by atoms with Gasteiger partial charge in [0.25, 0.3) is 0 Å². The number of nitrogens with zero attached hydrogens (tertiary/aromatic N) is 1. The summed E-state index contributed by atoms with van der Waals surface area (Å²) in [6.45, 7) is 4.69. The van der Waals surface area contributed by atoms with Gasteiger partial charge < -0.3 is 33.3 Å². The zero-order chi connectivity index (χ0) is 56.2. The van der Waals surface area contributed by atoms with Crippen LogP contribution in [-0.2, 0) is 33.3 Å². The fraction of sp³-hybridized carbons (Fsp3) is 0.838. The molecule has 0 saturated carbocycles. The zero-order valence-corrected chi connectivity index (χ0v) is 51.3. The molecule has 0 rings (SSSR count). The van der Waals surface area contributed by atoms with E-state index in [1.807, 2.05) is 21.1 Å². The highest BCUT2D eigenvalue weighted by Crippen LogP contribution is 2.18. The smallest absolute Gasteiger partial charge is 0.306 e. The number of carbonyl (C=O) groups excluding carboxylic acids is 3. The monoisotopic (exact) mass is 1080 g/mol. The van der Waals surface area contributed by atoms with Crippen molar-refractivity contribution in [1.29, 1.82) is 0 Å². The summed E-state index contributed by atoms with van der Waals surface area (Å²) in [7, 11) is 5.94. The fourth-order valence-electron chi connectivity index (χ4n) is 9.59. The Balaban J connectivity index is 4.02. The summed E-state index contributed by atoms with van der Waals surface area (Å²) in [5.41, 5.74) is 0. The lowest BCUT2D eigenvalue weighted by Gasteiger charge is -2.26. The van der Waals surface area contributed by atoms with E-state index in [4.69, 9.17) is 18.9 Å². The molecule has 9 heteroatoms. The lowest BCUT2D eigenvalue weighted by atomic mass is 10.0. The quantitative estimate of drug-likeness (QED) is 0.0195. The molecule has 0 bridgehead atoms. The van der Waals surface area contributed by atoms with Crippen molar-refractivity contribution in [1.82, 2.24) is 0 Å². The third kappa shape index (κ3) is 60.7. The molecule has 77 heavy (non-hydrogen) atoms. The summed E-state index contributed by atoms with van der Waals surface area (Å²) >= 11 is 0. The molecule has 0 heterocycles. The van der Waals surface area contributed by atoms with Crippen molar-refractivity contribution in [3.8, 4) is 0 Å². The molecule has 0 aliphatic heterocycles. The van der Waals surface area contributed by atoms with Crippen LogP contribution < -0.4 is 5.11 Å². The van der Waals surface area contributed by atoms with Gasteiger partial charge in [0.1, 0.15) is 13.2 Å². The van der Waals surface area contributed by atoms with E-state index in [1.165, 1.54) is 218 Å². The topological polar surface area (TPSA) is 111 Å². The van der Waals surface area contributed by atoms with Crippen molar-refractivity contribution in [3.05, 3.63) is 48.6 Å². The van der Waals surface area contributed by atoms with Crippen molar-refractivity contribution >= 4 is 17.9 Å². The van der Waals surface area contributed by atoms with Crippen molar-refractivity contribution in [2.45, 2.75) is 322 Å². The molecule has 0 amide bonds. The molecule has 0 aromatic rings. The Labute approximate surface area is 476 Å². The van der Waals surface area contributed by atoms with E-state index in [0.29, 0.717) is 17.4 Å². The van der Waals surface area contributed by atoms with Crippen LogP contribution >= 0.6 is 0 Å². The highest BCUT2D eigenvalue weighted by Gasteiger charge is 2.22. The van der Waals surface area contributed by atoms with Crippen molar-refractivity contribution < 1.29 is 42.9 Å². The number of hydrogen-bond acceptors (Lipinski definition) is 8. The maximum atomic E-state index is 12.9. The van der Waals surface area contributed by atoms with Gasteiger partial charge in [-0.15, -0.1) is 0 Å². The number of aliphatic carboxylic acids is 1. The standard InChI is InChI=1S/C68H125NO8/c1-6-8-10-12-14-16-18-20-22-24-25-26-27-28-29-30-31-32-33-34-35-36-37-38-39-40-41-43-45-47-49-51-53-55-57-59-66(71)77-64(63-76-68(67(72)73)74-61-60-69(3,4)5)62-75-65(70)58-56-54-52-50-48-46-44-42-23-21-19-17-15-13-11-9-7-2/h8,10,14,16,20,22,25-26,64,68H,6-7,9,11-13,15,17-19,21,23-24,27-63H2,1-5H3/b10-8-,16-14-,22-20-,26-25-. The van der Waals surface area contributed by atoms with Gasteiger partial charge in [-0.05, 0) is 51.4 Å². The number of rotatable bonds is 61. The Morgan fingerprint density at radius 3 is 1.10 bits per heavy atom. The summed E-state index contributed by atoms with van der Waals surface area (Å²) in [5, 5.41) is 11.8. The fourth-order valence-corrected chi connectivity index (χ4v) is 9.59. The molecule has 0 N–H and O–H groups in total. The first kappa shape index (κ1) is 74.2. The number of hydrogen-bond donors (Lipinski definition) is 0. The van der Waals surface area contributed by atoms with Gasteiger partial charge in [0.2, 0.25) is 0 Å². The predicted molar refractivity (Wildman–Crippen MR) is 325 cm³/mol. The maximum absolute atomic E-state index is 12.9. The molecule has 0 aromatic carbocycles. The largest absolute Gasteiger partial charge is 0.545 e. The first-order valence-corrected chi connectivity index (χ1v) is 32.8. The summed E-state index contributed by atoms with van der Waals surface area (Å²) < 4.78 is 22.8. The van der Waals surface area contributed by atoms with Crippen LogP contribution in [0.25, 0.3) is 0 Å². The minimum atomic E-state index is -1.62. The molecular formula is C68H125NO8. The molecule has 0 spiro atoms. The van der Waals surface area contributed by atoms with E-state index in [-0.39, 0.29) is 32.2 Å². The Kier molecular flexibility index (Phi) is 57.3. The third-order valence-electron chi connectivity index (χ3n) is 14.6. The number of ether oxygens (including phenoxy) is 4. The number of carbonyl (C=O) groups is 3. The van der Waals surface area contributed by atoms with E-state index >= 15 is 0 Å². The SMILES string of the molecule is CC/C=C\C/C=C\C/C=C\C/C=C\CCCCCCCCCCCCCCCCCCCCCCCCC(=O)OC(COC(=O)CCCCCCCCCCCCCCCCCCC)COC(OCC[N+](C)(C)C)C(=O)[O-]. The Morgan fingerprint density at radius 2 is 0.740 bits per heavy atom. The molecule has 0 aliphatic rings. The average molecular weight is 1080 g/mol. The van der Waals surface area contributed by atoms with Gasteiger partial charge in [-0.3, -0.25) is 9.59 Å². The zero-order valence-electron chi connectivity index (χ0n) is 51.3. The summed E-state index contributed by atoms with van der Waals surface area (Å²) in [6.07, 6.45) is 71.9. The van der Waals surface area contributed by atoms with Crippen LogP contribution in [0.5, 0.6) is 0 Å². The van der Waals surface area contributed by atoms with Crippen LogP contribution in [0.1, 0.15) is 309 Å². The van der Waals surface area contributed by atoms with Crippen LogP contribution in [0.15, 0.2) is 48.6 Å². The van der Waals surface area contributed by atoms with E-state index in [9.17, 15) is 19.5 Å². The normalized spacial score (nSPS) is 13.0. The molecule has 0 saturated heterocycles. The molecule has 450 valence electrons. The first-order chi connectivity index (χ1) is 37.6. The third-order valence-corrected chi connectivity index (χ3v) is 14.6. The van der Waals surface area contributed by atoms with Gasteiger partial charge in [0.15, 0.2) is 12.4 Å². The molecule has 0 fully saturated rings. The molecule has 2 unspecified atom stereocenters. The minimum absolute atomic E-state index is 0.151. The van der Waals surface area contributed by atoms with Gasteiger partial charge in [0, 0.05) is 12.8 Å². The number of quaternary nitrogens is 1. The number of unbranched alkanes of at least 4 members (excludes halogenated alkanes) is 38. The Morgan fingerprint density at radius 1 is 0.403 bits per heavy atom. The van der Waals surface area contributed by atoms with Crippen LogP contribution in [0.2, 0.25) is 0 Å². The van der Waals surface area contributed by atoms with Crippen LogP contribution in [0.4, 0.5) is 0 Å². The summed E-state index contributed by atoms with van der Waals surface area (Å²) in [5.74, 6) is -2.26. The van der Waals surface area contributed by atoms with E-state index in [2.05, 4.69) is 62.5 Å². The first-order valence-electron chi connectivity index (χ1n) is 32.8. The second kappa shape index (κ2) is 59.4. The number of carboxylic acid groups (broad SMARTS) is 1. The maximum Gasteiger partial charge on any atom is 0.306 e. The lowest BCUT2D eigenvalue weighted by Crippen LogP contribution is -2.44. The van der Waals surface area contributed by atoms with E-state index in [0.717, 1.165) is 64.2 Å². The molecular weight excluding hydrogens is 959 g/mol.